The Balaban J connectivity index is 2.43. The van der Waals surface area contributed by atoms with Gasteiger partial charge in [0.05, 0.1) is 0 Å². The molecule has 2 nitrogen and oxygen atoms in total. The third-order valence-electron chi connectivity index (χ3n) is 4.95. The van der Waals surface area contributed by atoms with Gasteiger partial charge in [0.15, 0.2) is 14.3 Å². The molecule has 0 saturated heterocycles. The number of benzene rings is 2. The van der Waals surface area contributed by atoms with Crippen molar-refractivity contribution in [2.24, 2.45) is 0 Å². The standard InChI is InChI=1S/C24H28O2P2/c1-17(2)27(25,18(3)4)23-13-9-21(10-14-23)22-11-15-24(16-12-22)28(26,19(5)6)20(7)8/h9-16H,1,3,5,7H2,2,4,6,8H3. The van der Waals surface area contributed by atoms with E-state index in [0.717, 1.165) is 21.7 Å². The molecule has 0 aromatic heterocycles. The lowest BCUT2D eigenvalue weighted by Gasteiger charge is -2.20. The monoisotopic (exact) mass is 410 g/mol. The summed E-state index contributed by atoms with van der Waals surface area (Å²) in [5.74, 6) is 0. The van der Waals surface area contributed by atoms with Gasteiger partial charge >= 0.3 is 0 Å². The summed E-state index contributed by atoms with van der Waals surface area (Å²) in [5.41, 5.74) is 1.98. The van der Waals surface area contributed by atoms with E-state index < -0.39 is 14.3 Å². The van der Waals surface area contributed by atoms with Gasteiger partial charge in [0.1, 0.15) is 0 Å². The summed E-state index contributed by atoms with van der Waals surface area (Å²) in [6.07, 6.45) is 0. The van der Waals surface area contributed by atoms with Gasteiger partial charge in [-0.25, -0.2) is 0 Å². The Morgan fingerprint density at radius 1 is 0.536 bits per heavy atom. The molecule has 0 spiro atoms. The first-order chi connectivity index (χ1) is 13.0. The van der Waals surface area contributed by atoms with Gasteiger partial charge in [0.25, 0.3) is 0 Å². The molecule has 2 rings (SSSR count). The molecule has 0 unspecified atom stereocenters. The second-order valence-electron chi connectivity index (χ2n) is 7.25. The van der Waals surface area contributed by atoms with Crippen LogP contribution in [0.2, 0.25) is 0 Å². The molecule has 0 radical (unpaired) electrons. The first kappa shape index (κ1) is 22.2. The fourth-order valence-corrected chi connectivity index (χ4v) is 7.47. The number of hydrogen-bond acceptors (Lipinski definition) is 2. The van der Waals surface area contributed by atoms with E-state index in [1.54, 1.807) is 27.7 Å². The highest BCUT2D eigenvalue weighted by molar-refractivity contribution is 7.79. The largest absolute Gasteiger partial charge is 0.309 e. The zero-order valence-corrected chi connectivity index (χ0v) is 18.9. The molecular formula is C24H28O2P2. The molecule has 0 saturated carbocycles. The van der Waals surface area contributed by atoms with Crippen LogP contribution in [-0.2, 0) is 9.13 Å². The summed E-state index contributed by atoms with van der Waals surface area (Å²) >= 11 is 0. The average Bonchev–Trinajstić information content (AvgIpc) is 2.66. The van der Waals surface area contributed by atoms with Gasteiger partial charge in [-0.3, -0.25) is 0 Å². The molecule has 28 heavy (non-hydrogen) atoms. The normalized spacial score (nSPS) is 11.7. The summed E-state index contributed by atoms with van der Waals surface area (Å²) < 4.78 is 26.6. The van der Waals surface area contributed by atoms with E-state index in [-0.39, 0.29) is 0 Å². The first-order valence-corrected chi connectivity index (χ1v) is 12.4. The van der Waals surface area contributed by atoms with Gasteiger partial charge < -0.3 is 9.13 Å². The Kier molecular flexibility index (Phi) is 6.39. The molecule has 2 aromatic rings. The SMILES string of the molecule is C=C(C)P(=O)(C(=C)C)c1ccc(-c2ccc(P(=O)(C(=C)C)C(=C)C)cc2)cc1. The van der Waals surface area contributed by atoms with Crippen molar-refractivity contribution in [1.82, 2.24) is 0 Å². The van der Waals surface area contributed by atoms with Gasteiger partial charge in [-0.15, -0.1) is 0 Å². The summed E-state index contributed by atoms with van der Waals surface area (Å²) in [5, 5.41) is 4.00. The van der Waals surface area contributed by atoms with E-state index in [2.05, 4.69) is 26.3 Å². The lowest BCUT2D eigenvalue weighted by atomic mass is 10.1. The van der Waals surface area contributed by atoms with Crippen molar-refractivity contribution in [3.8, 4) is 11.1 Å². The molecule has 0 atom stereocenters. The van der Waals surface area contributed by atoms with Crippen LogP contribution in [0, 0.1) is 0 Å². The first-order valence-electron chi connectivity index (χ1n) is 9.01. The number of allylic oxidation sites excluding steroid dienone is 4. The van der Waals surface area contributed by atoms with Crippen LogP contribution < -0.4 is 10.6 Å². The Morgan fingerprint density at radius 3 is 0.929 bits per heavy atom. The van der Waals surface area contributed by atoms with Crippen LogP contribution in [0.4, 0.5) is 0 Å². The molecule has 0 fully saturated rings. The smallest absolute Gasteiger partial charge is 0.161 e. The second kappa shape index (κ2) is 8.08. The molecule has 0 heterocycles. The minimum Gasteiger partial charge on any atom is -0.309 e. The second-order valence-corrected chi connectivity index (χ2v) is 13.8. The van der Waals surface area contributed by atoms with E-state index in [1.807, 2.05) is 48.5 Å². The topological polar surface area (TPSA) is 34.1 Å². The molecule has 0 aliphatic rings. The summed E-state index contributed by atoms with van der Waals surface area (Å²) in [4.78, 5) is 0. The fraction of sp³-hybridized carbons (Fsp3) is 0.167. The predicted molar refractivity (Wildman–Crippen MR) is 126 cm³/mol. The van der Waals surface area contributed by atoms with Crippen LogP contribution in [0.25, 0.3) is 11.1 Å². The maximum absolute atomic E-state index is 13.3. The third kappa shape index (κ3) is 3.72. The molecule has 0 N–H and O–H groups in total. The minimum absolute atomic E-state index is 0.632. The fourth-order valence-electron chi connectivity index (χ4n) is 3.26. The predicted octanol–water partition coefficient (Wildman–Crippen LogP) is 7.46. The molecule has 0 bridgehead atoms. The van der Waals surface area contributed by atoms with E-state index >= 15 is 0 Å². The lowest BCUT2D eigenvalue weighted by molar-refractivity contribution is 0.588. The van der Waals surface area contributed by atoms with Crippen molar-refractivity contribution < 1.29 is 9.13 Å². The van der Waals surface area contributed by atoms with Crippen molar-refractivity contribution in [3.05, 3.63) is 96.1 Å². The van der Waals surface area contributed by atoms with Crippen molar-refractivity contribution >= 4 is 24.9 Å². The van der Waals surface area contributed by atoms with Crippen molar-refractivity contribution in [2.75, 3.05) is 0 Å². The van der Waals surface area contributed by atoms with Gasteiger partial charge in [0.2, 0.25) is 0 Å². The third-order valence-corrected chi connectivity index (χ3v) is 11.3. The van der Waals surface area contributed by atoms with Crippen molar-refractivity contribution in [1.29, 1.82) is 0 Å². The van der Waals surface area contributed by atoms with Crippen molar-refractivity contribution in [2.45, 2.75) is 27.7 Å². The molecule has 146 valence electrons. The highest BCUT2D eigenvalue weighted by Gasteiger charge is 2.28. The molecule has 2 aromatic carbocycles. The van der Waals surface area contributed by atoms with Crippen LogP contribution in [-0.4, -0.2) is 0 Å². The van der Waals surface area contributed by atoms with Crippen LogP contribution >= 0.6 is 14.3 Å². The summed E-state index contributed by atoms with van der Waals surface area (Å²) in [6, 6.07) is 15.3. The Labute approximate surface area is 169 Å². The highest BCUT2D eigenvalue weighted by atomic mass is 31.2. The maximum atomic E-state index is 13.3. The van der Waals surface area contributed by atoms with E-state index in [1.165, 1.54) is 0 Å². The minimum atomic E-state index is -2.82. The Morgan fingerprint density at radius 2 is 0.750 bits per heavy atom. The van der Waals surface area contributed by atoms with E-state index in [4.69, 9.17) is 0 Å². The summed E-state index contributed by atoms with van der Waals surface area (Å²) in [6.45, 7) is 22.7. The molecule has 4 heteroatoms. The van der Waals surface area contributed by atoms with Gasteiger partial charge in [0, 0.05) is 10.6 Å². The molecular weight excluding hydrogens is 382 g/mol. The quantitative estimate of drug-likeness (QED) is 0.444. The van der Waals surface area contributed by atoms with Crippen LogP contribution in [0.5, 0.6) is 0 Å². The number of hydrogen-bond donors (Lipinski definition) is 0. The van der Waals surface area contributed by atoms with Crippen LogP contribution in [0.3, 0.4) is 0 Å². The lowest BCUT2D eigenvalue weighted by Crippen LogP contribution is -2.06. The Hall–Kier alpha value is -2.14. The maximum Gasteiger partial charge on any atom is 0.161 e. The van der Waals surface area contributed by atoms with Gasteiger partial charge in [-0.05, 0) is 60.1 Å². The highest BCUT2D eigenvalue weighted by Crippen LogP contribution is 2.59. The number of rotatable bonds is 7. The molecule has 0 aliphatic heterocycles. The molecule has 0 aliphatic carbocycles. The van der Waals surface area contributed by atoms with E-state index in [9.17, 15) is 9.13 Å². The zero-order chi connectivity index (χ0) is 21.3. The van der Waals surface area contributed by atoms with Gasteiger partial charge in [-0.2, -0.15) is 0 Å². The van der Waals surface area contributed by atoms with E-state index in [0.29, 0.717) is 21.3 Å². The summed E-state index contributed by atoms with van der Waals surface area (Å²) in [7, 11) is -5.65. The van der Waals surface area contributed by atoms with Gasteiger partial charge in [-0.1, -0.05) is 74.8 Å². The zero-order valence-electron chi connectivity index (χ0n) is 17.2. The van der Waals surface area contributed by atoms with Crippen LogP contribution in [0.15, 0.2) is 96.1 Å². The molecule has 0 amide bonds. The Bertz CT molecular complexity index is 931. The average molecular weight is 410 g/mol. The van der Waals surface area contributed by atoms with Crippen LogP contribution in [0.1, 0.15) is 27.7 Å². The van der Waals surface area contributed by atoms with Crippen molar-refractivity contribution in [3.63, 3.8) is 0 Å².